The zero-order valence-electron chi connectivity index (χ0n) is 13.4. The summed E-state index contributed by atoms with van der Waals surface area (Å²) >= 11 is 3.41. The van der Waals surface area contributed by atoms with E-state index in [1.54, 1.807) is 0 Å². The Morgan fingerprint density at radius 3 is 2.71 bits per heavy atom. The zero-order valence-corrected chi connectivity index (χ0v) is 15.8. The van der Waals surface area contributed by atoms with Crippen LogP contribution in [-0.4, -0.2) is 49.5 Å². The Morgan fingerprint density at radius 1 is 1.33 bits per heavy atom. The van der Waals surface area contributed by atoms with E-state index in [-0.39, 0.29) is 5.91 Å². The average molecular weight is 414 g/mol. The Kier molecular flexibility index (Phi) is 4.98. The average Bonchev–Trinajstić information content (AvgIpc) is 2.95. The van der Waals surface area contributed by atoms with E-state index in [4.69, 9.17) is 0 Å². The number of carbonyl (C=O) groups is 1. The molecule has 8 heteroatoms. The van der Waals surface area contributed by atoms with Crippen LogP contribution in [0.1, 0.15) is 23.3 Å². The van der Waals surface area contributed by atoms with Gasteiger partial charge in [0.25, 0.3) is 5.91 Å². The van der Waals surface area contributed by atoms with Crippen LogP contribution in [0.2, 0.25) is 0 Å². The minimum Gasteiger partial charge on any atom is -0.350 e. The lowest BCUT2D eigenvalue weighted by molar-refractivity contribution is 0.0937. The fraction of sp³-hybridized carbons (Fsp3) is 0.438. The first-order valence-corrected chi connectivity index (χ1v) is 10.5. The molecule has 0 unspecified atom stereocenters. The number of benzene rings is 1. The molecule has 2 N–H and O–H groups in total. The van der Waals surface area contributed by atoms with E-state index in [0.717, 1.165) is 28.2 Å². The van der Waals surface area contributed by atoms with Gasteiger partial charge in [-0.3, -0.25) is 4.79 Å². The highest BCUT2D eigenvalue weighted by Gasteiger charge is 2.25. The van der Waals surface area contributed by atoms with Crippen molar-refractivity contribution in [3.05, 3.63) is 34.4 Å². The van der Waals surface area contributed by atoms with Crippen molar-refractivity contribution in [2.75, 3.05) is 25.9 Å². The quantitative estimate of drug-likeness (QED) is 0.806. The predicted molar refractivity (Wildman–Crippen MR) is 97.5 cm³/mol. The molecule has 0 bridgehead atoms. The number of aromatic nitrogens is 1. The standard InChI is InChI=1S/C16H20BrN3O3S/c1-24(22,23)20-6-4-11(5-7-20)10-18-16(21)15-8-12-2-3-13(17)9-14(12)19-15/h2-3,8-9,11,19H,4-7,10H2,1H3,(H,18,21). The summed E-state index contributed by atoms with van der Waals surface area (Å²) < 4.78 is 25.5. The molecule has 0 aliphatic carbocycles. The number of nitrogens with one attached hydrogen (secondary N) is 2. The number of amides is 1. The summed E-state index contributed by atoms with van der Waals surface area (Å²) in [5.41, 5.74) is 1.45. The van der Waals surface area contributed by atoms with Crippen molar-refractivity contribution in [3.63, 3.8) is 0 Å². The summed E-state index contributed by atoms with van der Waals surface area (Å²) in [5, 5.41) is 3.94. The summed E-state index contributed by atoms with van der Waals surface area (Å²) in [5.74, 6) is 0.179. The highest BCUT2D eigenvalue weighted by atomic mass is 79.9. The molecule has 1 aromatic heterocycles. The monoisotopic (exact) mass is 413 g/mol. The van der Waals surface area contributed by atoms with E-state index in [1.807, 2.05) is 24.3 Å². The van der Waals surface area contributed by atoms with E-state index in [0.29, 0.717) is 31.2 Å². The number of hydrogen-bond acceptors (Lipinski definition) is 3. The van der Waals surface area contributed by atoms with E-state index in [2.05, 4.69) is 26.2 Å². The second-order valence-electron chi connectivity index (χ2n) is 6.23. The minimum absolute atomic E-state index is 0.132. The number of sulfonamides is 1. The molecular formula is C16H20BrN3O3S. The van der Waals surface area contributed by atoms with Gasteiger partial charge in [-0.25, -0.2) is 12.7 Å². The Hall–Kier alpha value is -1.38. The molecule has 1 amide bonds. The van der Waals surface area contributed by atoms with E-state index in [1.165, 1.54) is 10.6 Å². The van der Waals surface area contributed by atoms with Crippen LogP contribution in [0.3, 0.4) is 0 Å². The van der Waals surface area contributed by atoms with Crippen molar-refractivity contribution in [1.29, 1.82) is 0 Å². The maximum Gasteiger partial charge on any atom is 0.267 e. The number of halogens is 1. The van der Waals surface area contributed by atoms with E-state index in [9.17, 15) is 13.2 Å². The van der Waals surface area contributed by atoms with Gasteiger partial charge in [0.15, 0.2) is 0 Å². The Morgan fingerprint density at radius 2 is 2.04 bits per heavy atom. The summed E-state index contributed by atoms with van der Waals surface area (Å²) in [4.78, 5) is 15.4. The van der Waals surface area contributed by atoms with Crippen LogP contribution in [0.15, 0.2) is 28.7 Å². The third kappa shape index (κ3) is 3.99. The van der Waals surface area contributed by atoms with Crippen molar-refractivity contribution >= 4 is 42.8 Å². The van der Waals surface area contributed by atoms with Gasteiger partial charge in [0.2, 0.25) is 10.0 Å². The van der Waals surface area contributed by atoms with Crippen LogP contribution in [-0.2, 0) is 10.0 Å². The third-order valence-corrected chi connectivity index (χ3v) is 6.22. The Bertz CT molecular complexity index is 855. The van der Waals surface area contributed by atoms with Gasteiger partial charge in [0, 0.05) is 35.0 Å². The normalized spacial score (nSPS) is 17.2. The number of piperidine rings is 1. The van der Waals surface area contributed by atoms with Gasteiger partial charge in [-0.1, -0.05) is 22.0 Å². The molecule has 24 heavy (non-hydrogen) atoms. The van der Waals surface area contributed by atoms with Gasteiger partial charge < -0.3 is 10.3 Å². The van der Waals surface area contributed by atoms with Gasteiger partial charge in [0.05, 0.1) is 6.26 Å². The van der Waals surface area contributed by atoms with Crippen molar-refractivity contribution in [1.82, 2.24) is 14.6 Å². The molecule has 2 heterocycles. The maximum absolute atomic E-state index is 12.3. The molecule has 1 aliphatic rings. The summed E-state index contributed by atoms with van der Waals surface area (Å²) in [6.07, 6.45) is 2.78. The van der Waals surface area contributed by atoms with Crippen LogP contribution >= 0.6 is 15.9 Å². The third-order valence-electron chi connectivity index (χ3n) is 4.42. The molecule has 1 aliphatic heterocycles. The molecule has 1 saturated heterocycles. The highest BCUT2D eigenvalue weighted by molar-refractivity contribution is 9.10. The first-order valence-electron chi connectivity index (χ1n) is 7.84. The summed E-state index contributed by atoms with van der Waals surface area (Å²) in [6.45, 7) is 1.62. The molecule has 0 atom stereocenters. The van der Waals surface area contributed by atoms with Crippen LogP contribution in [0, 0.1) is 5.92 Å². The predicted octanol–water partition coefficient (Wildman–Crippen LogP) is 2.33. The molecule has 0 spiro atoms. The first kappa shape index (κ1) is 17.4. The number of carbonyl (C=O) groups excluding carboxylic acids is 1. The van der Waals surface area contributed by atoms with Crippen LogP contribution < -0.4 is 5.32 Å². The molecule has 2 aromatic rings. The summed E-state index contributed by atoms with van der Waals surface area (Å²) in [7, 11) is -3.10. The van der Waals surface area contributed by atoms with Gasteiger partial charge in [-0.15, -0.1) is 0 Å². The first-order chi connectivity index (χ1) is 11.3. The van der Waals surface area contributed by atoms with Gasteiger partial charge in [-0.2, -0.15) is 0 Å². The SMILES string of the molecule is CS(=O)(=O)N1CCC(CNC(=O)c2cc3ccc(Br)cc3[nH]2)CC1. The van der Waals surface area contributed by atoms with Crippen molar-refractivity contribution in [2.24, 2.45) is 5.92 Å². The number of H-pyrrole nitrogens is 1. The van der Waals surface area contributed by atoms with Crippen LogP contribution in [0.5, 0.6) is 0 Å². The van der Waals surface area contributed by atoms with E-state index < -0.39 is 10.0 Å². The molecule has 0 radical (unpaired) electrons. The molecule has 0 saturated carbocycles. The van der Waals surface area contributed by atoms with Crippen LogP contribution in [0.25, 0.3) is 10.9 Å². The Labute approximate surface area is 149 Å². The number of nitrogens with zero attached hydrogens (tertiary/aromatic N) is 1. The molecular weight excluding hydrogens is 394 g/mol. The number of rotatable bonds is 4. The van der Waals surface area contributed by atoms with Crippen LogP contribution in [0.4, 0.5) is 0 Å². The summed E-state index contributed by atoms with van der Waals surface area (Å²) in [6, 6.07) is 7.66. The lowest BCUT2D eigenvalue weighted by atomic mass is 9.98. The molecule has 1 aromatic carbocycles. The van der Waals surface area contributed by atoms with Gasteiger partial charge >= 0.3 is 0 Å². The topological polar surface area (TPSA) is 82.3 Å². The second kappa shape index (κ2) is 6.85. The second-order valence-corrected chi connectivity index (χ2v) is 9.13. The molecule has 130 valence electrons. The largest absolute Gasteiger partial charge is 0.350 e. The number of hydrogen-bond donors (Lipinski definition) is 2. The van der Waals surface area contributed by atoms with Crippen molar-refractivity contribution in [2.45, 2.75) is 12.8 Å². The number of aromatic amines is 1. The van der Waals surface area contributed by atoms with Crippen molar-refractivity contribution < 1.29 is 13.2 Å². The fourth-order valence-electron chi connectivity index (χ4n) is 3.00. The highest BCUT2D eigenvalue weighted by Crippen LogP contribution is 2.21. The Balaban J connectivity index is 1.56. The van der Waals surface area contributed by atoms with Crippen molar-refractivity contribution in [3.8, 4) is 0 Å². The lowest BCUT2D eigenvalue weighted by Crippen LogP contribution is -2.41. The fourth-order valence-corrected chi connectivity index (χ4v) is 4.23. The van der Waals surface area contributed by atoms with E-state index >= 15 is 0 Å². The maximum atomic E-state index is 12.3. The zero-order chi connectivity index (χ0) is 17.3. The number of fused-ring (bicyclic) bond motifs is 1. The van der Waals surface area contributed by atoms with Gasteiger partial charge in [0.1, 0.15) is 5.69 Å². The molecule has 3 rings (SSSR count). The molecule has 6 nitrogen and oxygen atoms in total. The molecule has 1 fully saturated rings. The van der Waals surface area contributed by atoms with Gasteiger partial charge in [-0.05, 0) is 37.0 Å². The minimum atomic E-state index is -3.10. The lowest BCUT2D eigenvalue weighted by Gasteiger charge is -2.30. The smallest absolute Gasteiger partial charge is 0.267 e.